The van der Waals surface area contributed by atoms with E-state index in [1.807, 2.05) is 0 Å². The number of halogens is 1. The highest BCUT2D eigenvalue weighted by Gasteiger charge is 2.25. The lowest BCUT2D eigenvalue weighted by molar-refractivity contribution is -0.116. The first-order chi connectivity index (χ1) is 11.5. The van der Waals surface area contributed by atoms with Crippen molar-refractivity contribution in [3.8, 4) is 0 Å². The predicted octanol–water partition coefficient (Wildman–Crippen LogP) is 2.75. The normalized spacial score (nSPS) is 12.2. The largest absolute Gasteiger partial charge is 0.330 e. The van der Waals surface area contributed by atoms with E-state index < -0.39 is 26.3 Å². The average Bonchev–Trinajstić information content (AvgIpc) is 2.46. The number of hydrogen-bond acceptors (Lipinski definition) is 4. The highest BCUT2D eigenvalue weighted by Crippen LogP contribution is 2.21. The van der Waals surface area contributed by atoms with E-state index in [2.05, 4.69) is 10.0 Å². The maximum absolute atomic E-state index is 14.0. The molecular weight excluding hydrogens is 345 g/mol. The van der Waals surface area contributed by atoms with E-state index in [0.717, 1.165) is 37.8 Å². The summed E-state index contributed by atoms with van der Waals surface area (Å²) in [5.74, 6) is -1.09. The number of nitrogens with two attached hydrogens (primary N) is 1. The van der Waals surface area contributed by atoms with E-state index in [1.54, 1.807) is 20.8 Å². The maximum Gasteiger partial charge on any atom is 0.244 e. The van der Waals surface area contributed by atoms with Crippen molar-refractivity contribution in [1.82, 2.24) is 4.72 Å². The molecule has 0 atom stereocenters. The Morgan fingerprint density at radius 3 is 2.40 bits per heavy atom. The predicted molar refractivity (Wildman–Crippen MR) is 97.2 cm³/mol. The van der Waals surface area contributed by atoms with Gasteiger partial charge >= 0.3 is 0 Å². The second kappa shape index (κ2) is 9.26. The van der Waals surface area contributed by atoms with Crippen LogP contribution in [0.25, 0.3) is 0 Å². The molecule has 0 aliphatic carbocycles. The van der Waals surface area contributed by atoms with Gasteiger partial charge in [-0.2, -0.15) is 0 Å². The number of carbonyl (C=O) groups excluding carboxylic acids is 1. The summed E-state index contributed by atoms with van der Waals surface area (Å²) in [6, 6.07) is 3.52. The van der Waals surface area contributed by atoms with E-state index in [9.17, 15) is 17.6 Å². The maximum atomic E-state index is 14.0. The van der Waals surface area contributed by atoms with Gasteiger partial charge in [0.1, 0.15) is 10.7 Å². The van der Waals surface area contributed by atoms with Gasteiger partial charge in [-0.3, -0.25) is 4.79 Å². The Bertz CT molecular complexity index is 685. The molecule has 0 spiro atoms. The molecule has 0 fully saturated rings. The standard InChI is InChI=1S/C17H28FN3O3S/c1-17(2,3)21-25(23,24)15-12-13(9-10-14(15)18)20-16(22)8-6-4-5-7-11-19/h9-10,12,21H,4-8,11,19H2,1-3H3,(H,20,22). The lowest BCUT2D eigenvalue weighted by Gasteiger charge is -2.20. The summed E-state index contributed by atoms with van der Waals surface area (Å²) in [6.45, 7) is 5.64. The van der Waals surface area contributed by atoms with Crippen molar-refractivity contribution in [2.75, 3.05) is 11.9 Å². The molecule has 6 nitrogen and oxygen atoms in total. The van der Waals surface area contributed by atoms with Crippen molar-refractivity contribution >= 4 is 21.6 Å². The highest BCUT2D eigenvalue weighted by atomic mass is 32.2. The van der Waals surface area contributed by atoms with Gasteiger partial charge in [-0.05, 0) is 58.4 Å². The lowest BCUT2D eigenvalue weighted by atomic mass is 10.1. The number of benzene rings is 1. The number of rotatable bonds is 9. The van der Waals surface area contributed by atoms with Crippen LogP contribution in [0.2, 0.25) is 0 Å². The monoisotopic (exact) mass is 373 g/mol. The third kappa shape index (κ3) is 7.94. The Labute approximate surface area is 149 Å². The molecule has 0 heterocycles. The number of nitrogens with one attached hydrogen (secondary N) is 2. The first-order valence-corrected chi connectivity index (χ1v) is 9.87. The molecule has 4 N–H and O–H groups in total. The molecule has 1 aromatic rings. The quantitative estimate of drug-likeness (QED) is 0.579. The third-order valence-electron chi connectivity index (χ3n) is 3.30. The molecule has 0 saturated carbocycles. The minimum Gasteiger partial charge on any atom is -0.330 e. The molecule has 0 aromatic heterocycles. The molecular formula is C17H28FN3O3S. The van der Waals surface area contributed by atoms with Gasteiger partial charge in [-0.1, -0.05) is 12.8 Å². The summed E-state index contributed by atoms with van der Waals surface area (Å²) in [5, 5.41) is 2.61. The fourth-order valence-corrected chi connectivity index (χ4v) is 3.78. The minimum atomic E-state index is -4.02. The van der Waals surface area contributed by atoms with Crippen molar-refractivity contribution in [2.24, 2.45) is 5.73 Å². The van der Waals surface area contributed by atoms with Gasteiger partial charge in [-0.25, -0.2) is 17.5 Å². The van der Waals surface area contributed by atoms with E-state index >= 15 is 0 Å². The third-order valence-corrected chi connectivity index (χ3v) is 5.08. The van der Waals surface area contributed by atoms with Gasteiger partial charge < -0.3 is 11.1 Å². The summed E-state index contributed by atoms with van der Waals surface area (Å²) < 4.78 is 41.0. The Morgan fingerprint density at radius 1 is 1.16 bits per heavy atom. The first-order valence-electron chi connectivity index (χ1n) is 8.38. The molecule has 1 rings (SSSR count). The zero-order valence-electron chi connectivity index (χ0n) is 15.1. The summed E-state index contributed by atoms with van der Waals surface area (Å²) in [6.07, 6.45) is 3.86. The van der Waals surface area contributed by atoms with Crippen LogP contribution in [0.3, 0.4) is 0 Å². The van der Waals surface area contributed by atoms with Gasteiger partial charge in [0, 0.05) is 17.6 Å². The van der Waals surface area contributed by atoms with Crippen LogP contribution in [0.1, 0.15) is 52.9 Å². The summed E-state index contributed by atoms with van der Waals surface area (Å²) in [5.41, 5.74) is 4.92. The van der Waals surface area contributed by atoms with Gasteiger partial charge in [0.2, 0.25) is 15.9 Å². The van der Waals surface area contributed by atoms with Crippen LogP contribution in [-0.2, 0) is 14.8 Å². The van der Waals surface area contributed by atoms with Crippen molar-refractivity contribution in [2.45, 2.75) is 63.3 Å². The second-order valence-corrected chi connectivity index (χ2v) is 8.65. The van der Waals surface area contributed by atoms with Crippen LogP contribution < -0.4 is 15.8 Å². The van der Waals surface area contributed by atoms with Crippen LogP contribution in [0.5, 0.6) is 0 Å². The van der Waals surface area contributed by atoms with E-state index in [1.165, 1.54) is 6.07 Å². The van der Waals surface area contributed by atoms with Crippen LogP contribution in [-0.4, -0.2) is 26.4 Å². The lowest BCUT2D eigenvalue weighted by Crippen LogP contribution is -2.40. The van der Waals surface area contributed by atoms with Gasteiger partial charge in [-0.15, -0.1) is 0 Å². The van der Waals surface area contributed by atoms with E-state index in [0.29, 0.717) is 13.0 Å². The van der Waals surface area contributed by atoms with Gasteiger partial charge in [0.25, 0.3) is 0 Å². The molecule has 0 aliphatic heterocycles. The number of amides is 1. The fourth-order valence-electron chi connectivity index (χ4n) is 2.25. The van der Waals surface area contributed by atoms with Crippen molar-refractivity contribution in [3.05, 3.63) is 24.0 Å². The first kappa shape index (κ1) is 21.5. The molecule has 0 saturated heterocycles. The van der Waals surface area contributed by atoms with Crippen molar-refractivity contribution in [3.63, 3.8) is 0 Å². The topological polar surface area (TPSA) is 101 Å². The summed E-state index contributed by atoms with van der Waals surface area (Å²) in [7, 11) is -4.02. The van der Waals surface area contributed by atoms with E-state index in [-0.39, 0.29) is 11.6 Å². The molecule has 142 valence electrons. The number of carbonyl (C=O) groups is 1. The molecule has 0 unspecified atom stereocenters. The van der Waals surface area contributed by atoms with Gasteiger partial charge in [0.15, 0.2) is 0 Å². The zero-order chi connectivity index (χ0) is 19.1. The fraction of sp³-hybridized carbons (Fsp3) is 0.588. The number of sulfonamides is 1. The zero-order valence-corrected chi connectivity index (χ0v) is 15.9. The Hall–Kier alpha value is -1.51. The molecule has 0 radical (unpaired) electrons. The molecule has 1 aromatic carbocycles. The number of hydrogen-bond donors (Lipinski definition) is 3. The smallest absolute Gasteiger partial charge is 0.244 e. The molecule has 0 bridgehead atoms. The Balaban J connectivity index is 2.76. The van der Waals surface area contributed by atoms with E-state index in [4.69, 9.17) is 5.73 Å². The SMILES string of the molecule is CC(C)(C)NS(=O)(=O)c1cc(NC(=O)CCCCCCN)ccc1F. The molecule has 1 amide bonds. The summed E-state index contributed by atoms with van der Waals surface area (Å²) in [4.78, 5) is 11.4. The highest BCUT2D eigenvalue weighted by molar-refractivity contribution is 7.89. The minimum absolute atomic E-state index is 0.230. The summed E-state index contributed by atoms with van der Waals surface area (Å²) >= 11 is 0. The Kier molecular flexibility index (Phi) is 7.98. The van der Waals surface area contributed by atoms with Crippen molar-refractivity contribution < 1.29 is 17.6 Å². The Morgan fingerprint density at radius 2 is 1.80 bits per heavy atom. The van der Waals surface area contributed by atoms with Crippen LogP contribution in [0, 0.1) is 5.82 Å². The van der Waals surface area contributed by atoms with Gasteiger partial charge in [0.05, 0.1) is 0 Å². The van der Waals surface area contributed by atoms with Crippen LogP contribution in [0.15, 0.2) is 23.1 Å². The molecule has 25 heavy (non-hydrogen) atoms. The molecule has 8 heteroatoms. The van der Waals surface area contributed by atoms with Crippen LogP contribution in [0.4, 0.5) is 10.1 Å². The average molecular weight is 373 g/mol. The van der Waals surface area contributed by atoms with Crippen molar-refractivity contribution in [1.29, 1.82) is 0 Å². The van der Waals surface area contributed by atoms with Crippen LogP contribution >= 0.6 is 0 Å². The second-order valence-electron chi connectivity index (χ2n) is 7.00. The number of anilines is 1. The molecule has 0 aliphatic rings. The number of unbranched alkanes of at least 4 members (excludes halogenated alkanes) is 3.